The van der Waals surface area contributed by atoms with E-state index in [9.17, 15) is 0 Å². The molecule has 1 aliphatic rings. The van der Waals surface area contributed by atoms with E-state index in [1.54, 1.807) is 0 Å². The summed E-state index contributed by atoms with van der Waals surface area (Å²) in [6.45, 7) is 22.2. The van der Waals surface area contributed by atoms with E-state index in [-0.39, 0.29) is 0 Å². The van der Waals surface area contributed by atoms with Crippen molar-refractivity contribution in [3.63, 3.8) is 0 Å². The highest BCUT2D eigenvalue weighted by atomic mass is 16.5. The van der Waals surface area contributed by atoms with Crippen molar-refractivity contribution in [2.24, 2.45) is 0 Å². The first-order valence-corrected chi connectivity index (χ1v) is 14.1. The van der Waals surface area contributed by atoms with E-state index >= 15 is 0 Å². The lowest BCUT2D eigenvalue weighted by atomic mass is 10.2. The number of morpholine rings is 1. The number of aryl methyl sites for hydroxylation is 1. The van der Waals surface area contributed by atoms with Crippen molar-refractivity contribution < 1.29 is 4.74 Å². The molecule has 1 aromatic heterocycles. The first-order valence-electron chi connectivity index (χ1n) is 14.1. The molecule has 0 spiro atoms. The van der Waals surface area contributed by atoms with Crippen LogP contribution in [0.1, 0.15) is 65.5 Å². The summed E-state index contributed by atoms with van der Waals surface area (Å²) in [6.07, 6.45) is 3.61. The molecule has 1 fully saturated rings. The zero-order valence-corrected chi connectivity index (χ0v) is 24.9. The second kappa shape index (κ2) is 21.4. The van der Waals surface area contributed by atoms with Crippen LogP contribution in [0.15, 0.2) is 36.4 Å². The summed E-state index contributed by atoms with van der Waals surface area (Å²) in [7, 11) is 2.09. The van der Waals surface area contributed by atoms with Gasteiger partial charge in [0.2, 0.25) is 0 Å². The third-order valence-corrected chi connectivity index (χ3v) is 5.62. The summed E-state index contributed by atoms with van der Waals surface area (Å²) in [5.74, 6) is 1.55. The molecule has 0 amide bonds. The fourth-order valence-corrected chi connectivity index (χ4v) is 3.80. The van der Waals surface area contributed by atoms with Crippen molar-refractivity contribution in [2.45, 2.75) is 61.3 Å². The van der Waals surface area contributed by atoms with E-state index in [4.69, 9.17) is 15.9 Å². The molecule has 1 aromatic carbocycles. The van der Waals surface area contributed by atoms with Gasteiger partial charge in [-0.2, -0.15) is 0 Å². The molecule has 210 valence electrons. The maximum absolute atomic E-state index is 6.92. The fraction of sp³-hybridized carbons (Fsp3) is 0.600. The summed E-state index contributed by atoms with van der Waals surface area (Å²) in [4.78, 5) is 11.6. The Hall–Kier alpha value is -2.64. The predicted octanol–water partition coefficient (Wildman–Crippen LogP) is 6.10. The van der Waals surface area contributed by atoms with Crippen LogP contribution in [0.3, 0.4) is 0 Å². The molecular weight excluding hydrogens is 460 g/mol. The van der Waals surface area contributed by atoms with Gasteiger partial charge in [-0.05, 0) is 25.3 Å². The highest BCUT2D eigenvalue weighted by molar-refractivity contribution is 5.76. The lowest BCUT2D eigenvalue weighted by Crippen LogP contribution is -2.40. The Labute approximate surface area is 227 Å². The van der Waals surface area contributed by atoms with E-state index in [1.165, 1.54) is 17.5 Å². The molecule has 0 radical (unpaired) electrons. The van der Waals surface area contributed by atoms with Crippen molar-refractivity contribution in [1.29, 1.82) is 5.41 Å². The number of hydrogen-bond acceptors (Lipinski definition) is 7. The van der Waals surface area contributed by atoms with Crippen LogP contribution in [0, 0.1) is 12.3 Å². The van der Waals surface area contributed by atoms with Crippen LogP contribution in [0.2, 0.25) is 0 Å². The van der Waals surface area contributed by atoms with Gasteiger partial charge in [-0.3, -0.25) is 4.90 Å². The molecule has 2 heterocycles. The molecule has 1 aliphatic heterocycles. The van der Waals surface area contributed by atoms with Gasteiger partial charge >= 0.3 is 0 Å². The van der Waals surface area contributed by atoms with E-state index in [0.29, 0.717) is 5.82 Å². The van der Waals surface area contributed by atoms with Gasteiger partial charge in [0.25, 0.3) is 0 Å². The van der Waals surface area contributed by atoms with Crippen LogP contribution in [0.5, 0.6) is 0 Å². The summed E-state index contributed by atoms with van der Waals surface area (Å²) >= 11 is 0. The standard InChI is InChI=1S/C18H33N5O.C8H9N.2C2H6/c1-4-6-23(7-5-2)16-14-17(19)20-18(15-16)21(3)8-9-22-10-12-24-13-11-22;1-7-3-2-4-8(5-7)6-9;2*1-2/h14-15H,4-13H2,1-3H3,(H2,19,20);2-6,9H,1H3;2*1-2H3. The number of nitrogens with one attached hydrogen (secondary N) is 1. The fourth-order valence-electron chi connectivity index (χ4n) is 3.80. The Kier molecular flexibility index (Phi) is 19.9. The molecule has 7 nitrogen and oxygen atoms in total. The van der Waals surface area contributed by atoms with Gasteiger partial charge in [0.15, 0.2) is 0 Å². The minimum absolute atomic E-state index is 0.595. The summed E-state index contributed by atoms with van der Waals surface area (Å²) < 4.78 is 5.41. The van der Waals surface area contributed by atoms with Crippen molar-refractivity contribution in [1.82, 2.24) is 9.88 Å². The average molecular weight is 515 g/mol. The molecule has 0 atom stereocenters. The second-order valence-corrected chi connectivity index (χ2v) is 8.53. The SMILES string of the molecule is CC.CC.CCCN(CCC)c1cc(N)nc(N(C)CCN2CCOCC2)c1.Cc1cccc(C=N)c1. The summed E-state index contributed by atoms with van der Waals surface area (Å²) in [5, 5.41) is 6.92. The van der Waals surface area contributed by atoms with Gasteiger partial charge in [0.05, 0.1) is 13.2 Å². The molecule has 2 aromatic rings. The summed E-state index contributed by atoms with van der Waals surface area (Å²) in [5.41, 5.74) is 9.43. The van der Waals surface area contributed by atoms with Crippen LogP contribution < -0.4 is 15.5 Å². The highest BCUT2D eigenvalue weighted by Crippen LogP contribution is 2.23. The largest absolute Gasteiger partial charge is 0.384 e. The lowest BCUT2D eigenvalue weighted by Gasteiger charge is -2.30. The van der Waals surface area contributed by atoms with Gasteiger partial charge in [-0.25, -0.2) is 4.98 Å². The van der Waals surface area contributed by atoms with Crippen molar-refractivity contribution in [3.8, 4) is 0 Å². The van der Waals surface area contributed by atoms with Gasteiger partial charge in [-0.1, -0.05) is 71.4 Å². The van der Waals surface area contributed by atoms with Crippen LogP contribution >= 0.6 is 0 Å². The van der Waals surface area contributed by atoms with Crippen LogP contribution in [-0.4, -0.2) is 75.6 Å². The van der Waals surface area contributed by atoms with E-state index in [1.807, 2.05) is 65.0 Å². The van der Waals surface area contributed by atoms with Crippen LogP contribution in [-0.2, 0) is 4.74 Å². The maximum Gasteiger partial charge on any atom is 0.132 e. The minimum Gasteiger partial charge on any atom is -0.384 e. The Balaban J connectivity index is 0.000000829. The Morgan fingerprint density at radius 1 is 1.00 bits per heavy atom. The number of nitrogen functional groups attached to an aromatic ring is 1. The number of hydrogen-bond donors (Lipinski definition) is 2. The first kappa shape index (κ1) is 34.4. The number of benzene rings is 1. The molecule has 0 bridgehead atoms. The van der Waals surface area contributed by atoms with Gasteiger partial charge in [-0.15, -0.1) is 0 Å². The molecule has 0 saturated carbocycles. The average Bonchev–Trinajstić information content (AvgIpc) is 2.94. The van der Waals surface area contributed by atoms with Crippen molar-refractivity contribution in [3.05, 3.63) is 47.5 Å². The zero-order chi connectivity index (χ0) is 28.1. The van der Waals surface area contributed by atoms with E-state index in [0.717, 1.165) is 76.7 Å². The highest BCUT2D eigenvalue weighted by Gasteiger charge is 2.13. The predicted molar refractivity (Wildman–Crippen MR) is 164 cm³/mol. The number of anilines is 3. The molecule has 0 aliphatic carbocycles. The number of ether oxygens (including phenoxy) is 1. The van der Waals surface area contributed by atoms with E-state index in [2.05, 4.69) is 46.6 Å². The molecule has 0 unspecified atom stereocenters. The lowest BCUT2D eigenvalue weighted by molar-refractivity contribution is 0.0393. The van der Waals surface area contributed by atoms with Crippen LogP contribution in [0.4, 0.5) is 17.3 Å². The van der Waals surface area contributed by atoms with Gasteiger partial charge < -0.3 is 25.7 Å². The molecular formula is C30H54N6O. The number of likely N-dealkylation sites (N-methyl/N-ethyl adjacent to an activating group) is 1. The van der Waals surface area contributed by atoms with Crippen molar-refractivity contribution in [2.75, 3.05) is 75.1 Å². The maximum atomic E-state index is 6.92. The quantitative estimate of drug-likeness (QED) is 0.373. The van der Waals surface area contributed by atoms with Gasteiger partial charge in [0, 0.05) is 70.4 Å². The zero-order valence-electron chi connectivity index (χ0n) is 24.9. The molecule has 3 rings (SSSR count). The second-order valence-electron chi connectivity index (χ2n) is 8.53. The topological polar surface area (TPSA) is 81.7 Å². The smallest absolute Gasteiger partial charge is 0.132 e. The normalized spacial score (nSPS) is 12.5. The Morgan fingerprint density at radius 2 is 1.62 bits per heavy atom. The van der Waals surface area contributed by atoms with Gasteiger partial charge in [0.1, 0.15) is 11.6 Å². The van der Waals surface area contributed by atoms with Crippen molar-refractivity contribution >= 4 is 23.5 Å². The Bertz CT molecular complexity index is 833. The Morgan fingerprint density at radius 3 is 2.14 bits per heavy atom. The third kappa shape index (κ3) is 14.0. The monoisotopic (exact) mass is 514 g/mol. The molecule has 3 N–H and O–H groups in total. The first-order chi connectivity index (χ1) is 18.0. The number of nitrogens with zero attached hydrogens (tertiary/aromatic N) is 4. The number of nitrogens with two attached hydrogens (primary N) is 1. The third-order valence-electron chi connectivity index (χ3n) is 5.62. The molecule has 1 saturated heterocycles. The number of rotatable bonds is 10. The number of pyridine rings is 1. The molecule has 37 heavy (non-hydrogen) atoms. The molecule has 7 heteroatoms. The van der Waals surface area contributed by atoms with E-state index < -0.39 is 0 Å². The van der Waals surface area contributed by atoms with Crippen LogP contribution in [0.25, 0.3) is 0 Å². The minimum atomic E-state index is 0.595. The number of aromatic nitrogens is 1. The summed E-state index contributed by atoms with van der Waals surface area (Å²) in [6, 6.07) is 12.0.